The van der Waals surface area contributed by atoms with Crippen LogP contribution in [0.3, 0.4) is 0 Å². The van der Waals surface area contributed by atoms with E-state index in [1.54, 1.807) is 0 Å². The minimum absolute atomic E-state index is 0.297. The third-order valence-corrected chi connectivity index (χ3v) is 4.69. The van der Waals surface area contributed by atoms with E-state index in [4.69, 9.17) is 0 Å². The fraction of sp³-hybridized carbons (Fsp3) is 0.941. The molecule has 3 heteroatoms. The normalized spacial score (nSPS) is 18.6. The van der Waals surface area contributed by atoms with Crippen molar-refractivity contribution < 1.29 is 0 Å². The van der Waals surface area contributed by atoms with Crippen LogP contribution in [0, 0.1) is 11.1 Å². The van der Waals surface area contributed by atoms with E-state index in [0.29, 0.717) is 11.0 Å². The van der Waals surface area contributed by atoms with Crippen LogP contribution >= 0.6 is 0 Å². The van der Waals surface area contributed by atoms with Gasteiger partial charge in [0, 0.05) is 13.7 Å². The Morgan fingerprint density at radius 1 is 0.800 bits per heavy atom. The summed E-state index contributed by atoms with van der Waals surface area (Å²) in [5, 5.41) is 0. The Bertz CT molecular complexity index is 252. The van der Waals surface area contributed by atoms with Crippen LogP contribution < -0.4 is 0 Å². The van der Waals surface area contributed by atoms with Gasteiger partial charge in [0.15, 0.2) is 0 Å². The summed E-state index contributed by atoms with van der Waals surface area (Å²) in [5.74, 6) is 0. The van der Waals surface area contributed by atoms with Gasteiger partial charge in [0.05, 0.1) is 0 Å². The van der Waals surface area contributed by atoms with Crippen LogP contribution in [0.5, 0.6) is 0 Å². The molecule has 1 fully saturated rings. The zero-order valence-electron chi connectivity index (χ0n) is 15.3. The van der Waals surface area contributed by atoms with Crippen LogP contribution in [0.4, 0.5) is 0 Å². The molecule has 0 spiro atoms. The van der Waals surface area contributed by atoms with Crippen molar-refractivity contribution in [3.05, 3.63) is 5.72 Å². The molecule has 20 heavy (non-hydrogen) atoms. The highest BCUT2D eigenvalue weighted by Crippen LogP contribution is 2.48. The molecule has 1 nitrogen and oxygen atoms in total. The molecule has 0 N–H and O–H groups in total. The molecule has 0 saturated carbocycles. The van der Waals surface area contributed by atoms with E-state index in [-0.39, 0.29) is 0 Å². The van der Waals surface area contributed by atoms with E-state index >= 15 is 0 Å². The first-order valence-corrected chi connectivity index (χ1v) is 8.80. The summed E-state index contributed by atoms with van der Waals surface area (Å²) < 4.78 is 2.82. The first-order valence-electron chi connectivity index (χ1n) is 8.80. The number of unbranched alkanes of at least 4 members (excludes halogenated alkanes) is 2. The molecule has 1 aliphatic rings. The van der Waals surface area contributed by atoms with Crippen molar-refractivity contribution in [2.45, 2.75) is 99.3 Å². The quantitative estimate of drug-likeness (QED) is 0.465. The van der Waals surface area contributed by atoms with Gasteiger partial charge >= 0.3 is 0 Å². The third kappa shape index (κ3) is 4.06. The lowest BCUT2D eigenvalue weighted by Crippen LogP contribution is -2.76. The highest BCUT2D eigenvalue weighted by Gasteiger charge is 2.46. The number of hydrogen-bond acceptors (Lipinski definition) is 1. The molecule has 1 rings (SSSR count). The van der Waals surface area contributed by atoms with Gasteiger partial charge in [0.1, 0.15) is 0 Å². The van der Waals surface area contributed by atoms with Gasteiger partial charge in [-0.15, -0.1) is 0 Å². The van der Waals surface area contributed by atoms with Gasteiger partial charge in [0.2, 0.25) is 0 Å². The van der Waals surface area contributed by atoms with Gasteiger partial charge in [-0.3, -0.25) is 0 Å². The van der Waals surface area contributed by atoms with Crippen molar-refractivity contribution in [3.63, 3.8) is 0 Å². The maximum absolute atomic E-state index is 2.82. The minimum atomic E-state index is 0.297. The number of hydrogen-bond donors (Lipinski definition) is 0. The van der Waals surface area contributed by atoms with Crippen LogP contribution in [0.1, 0.15) is 81.1 Å². The van der Waals surface area contributed by atoms with Crippen LogP contribution in [0.2, 0.25) is 12.6 Å². The Balaban J connectivity index is 2.91. The smallest absolute Gasteiger partial charge is 0.0338 e. The highest BCUT2D eigenvalue weighted by atomic mass is 15.1. The Labute approximate surface area is 129 Å². The van der Waals surface area contributed by atoms with E-state index in [9.17, 15) is 0 Å². The molecule has 116 valence electrons. The average molecular weight is 276 g/mol. The molecule has 0 atom stereocenters. The predicted octanol–water partition coefficient (Wildman–Crippen LogP) is 5.38. The molecule has 0 unspecified atom stereocenters. The second kappa shape index (κ2) is 6.90. The summed E-state index contributed by atoms with van der Waals surface area (Å²) in [6.45, 7) is 20.5. The predicted molar refractivity (Wildman–Crippen MR) is 95.2 cm³/mol. The average Bonchev–Trinajstić information content (AvgIpc) is 2.22. The molecule has 0 aliphatic carbocycles. The number of rotatable bonds is 6. The zero-order chi connectivity index (χ0) is 15.6. The van der Waals surface area contributed by atoms with Crippen LogP contribution in [0.15, 0.2) is 0 Å². The zero-order valence-corrected chi connectivity index (χ0v) is 15.3. The fourth-order valence-electron chi connectivity index (χ4n) is 3.98. The first-order chi connectivity index (χ1) is 9.14. The Hall–Kier alpha value is 0.0899. The molecule has 0 bridgehead atoms. The Morgan fingerprint density at radius 2 is 1.20 bits per heavy atom. The summed E-state index contributed by atoms with van der Waals surface area (Å²) in [4.78, 5) is 0. The first kappa shape index (κ1) is 18.1. The lowest BCUT2D eigenvalue weighted by atomic mass is 9.11. The van der Waals surface area contributed by atoms with Crippen molar-refractivity contribution in [1.29, 1.82) is 0 Å². The standard InChI is InChI=1S/C17H36B2N/c1-9-11-13-18-15(16(3,4)5)19(14-12-10-2)20(18)17(6,7)8/h9-14H2,1-8H3/q-1. The molecule has 0 amide bonds. The molecular formula is C17H36B2N-. The highest BCUT2D eigenvalue weighted by molar-refractivity contribution is 6.99. The molecule has 1 aliphatic heterocycles. The third-order valence-electron chi connectivity index (χ3n) is 4.69. The maximum Gasteiger partial charge on any atom is 0.0338 e. The number of nitrogens with zero attached hydrogens (tertiary/aromatic N) is 1. The monoisotopic (exact) mass is 276 g/mol. The fourth-order valence-corrected chi connectivity index (χ4v) is 3.98. The topological polar surface area (TPSA) is 3.24 Å². The largest absolute Gasteiger partial charge is 0.433 e. The van der Waals surface area contributed by atoms with Crippen LogP contribution in [-0.4, -0.2) is 24.0 Å². The second-order valence-corrected chi connectivity index (χ2v) is 8.60. The molecule has 1 saturated heterocycles. The molecule has 1 heterocycles. The summed E-state index contributed by atoms with van der Waals surface area (Å²) in [5.41, 5.74) is 2.48. The van der Waals surface area contributed by atoms with Crippen LogP contribution in [0.25, 0.3) is 0 Å². The van der Waals surface area contributed by atoms with Crippen molar-refractivity contribution in [2.75, 3.05) is 0 Å². The van der Waals surface area contributed by atoms with Gasteiger partial charge in [-0.2, -0.15) is 5.41 Å². The lowest BCUT2D eigenvalue weighted by molar-refractivity contribution is 0.321. The van der Waals surface area contributed by atoms with Crippen molar-refractivity contribution in [3.8, 4) is 0 Å². The van der Waals surface area contributed by atoms with Gasteiger partial charge in [-0.25, -0.2) is 0 Å². The van der Waals surface area contributed by atoms with Gasteiger partial charge in [0.25, 0.3) is 0 Å². The molecule has 0 radical (unpaired) electrons. The summed E-state index contributed by atoms with van der Waals surface area (Å²) in [6.07, 6.45) is 8.04. The SMILES string of the molecule is CCCCB1[C-](C(C)(C)C)B(CCCC)N1C(C)(C)C. The van der Waals surface area contributed by atoms with Gasteiger partial charge < -0.3 is 10.4 Å². The summed E-state index contributed by atoms with van der Waals surface area (Å²) in [7, 11) is 0. The Morgan fingerprint density at radius 3 is 1.45 bits per heavy atom. The molecule has 0 aromatic heterocycles. The minimum Gasteiger partial charge on any atom is -0.433 e. The van der Waals surface area contributed by atoms with Crippen molar-refractivity contribution in [1.82, 2.24) is 4.72 Å². The van der Waals surface area contributed by atoms with Gasteiger partial charge in [-0.1, -0.05) is 72.9 Å². The lowest BCUT2D eigenvalue weighted by Gasteiger charge is -2.75. The summed E-state index contributed by atoms with van der Waals surface area (Å²) >= 11 is 0. The molecule has 0 aromatic rings. The van der Waals surface area contributed by atoms with Crippen molar-refractivity contribution in [2.24, 2.45) is 5.41 Å². The van der Waals surface area contributed by atoms with E-state index in [0.717, 1.165) is 13.7 Å². The maximum atomic E-state index is 2.82. The van der Waals surface area contributed by atoms with E-state index in [2.05, 4.69) is 60.1 Å². The second-order valence-electron chi connectivity index (χ2n) is 8.60. The Kier molecular flexibility index (Phi) is 6.26. The molecular weight excluding hydrogens is 240 g/mol. The van der Waals surface area contributed by atoms with E-state index in [1.807, 2.05) is 5.72 Å². The van der Waals surface area contributed by atoms with Crippen molar-refractivity contribution >= 4 is 13.7 Å². The summed E-state index contributed by atoms with van der Waals surface area (Å²) in [6, 6.07) is 0. The van der Waals surface area contributed by atoms with E-state index < -0.39 is 0 Å². The van der Waals surface area contributed by atoms with E-state index in [1.165, 1.54) is 38.3 Å². The van der Waals surface area contributed by atoms with Crippen LogP contribution in [-0.2, 0) is 0 Å². The molecule has 0 aromatic carbocycles. The van der Waals surface area contributed by atoms with Gasteiger partial charge in [-0.05, 0) is 26.3 Å².